The Balaban J connectivity index is 2.01. The van der Waals surface area contributed by atoms with Crippen LogP contribution < -0.4 is 16.4 Å². The quantitative estimate of drug-likeness (QED) is 0.693. The molecule has 0 heterocycles. The van der Waals surface area contributed by atoms with Crippen molar-refractivity contribution < 1.29 is 23.5 Å². The fraction of sp³-hybridized carbons (Fsp3) is 0.118. The molecule has 0 saturated carbocycles. The zero-order valence-electron chi connectivity index (χ0n) is 13.6. The third kappa shape index (κ3) is 5.18. The van der Waals surface area contributed by atoms with Crippen LogP contribution in [0.3, 0.4) is 0 Å². The van der Waals surface area contributed by atoms with E-state index in [4.69, 9.17) is 22.1 Å². The average Bonchev–Trinajstić information content (AvgIpc) is 2.56. The number of esters is 1. The van der Waals surface area contributed by atoms with Crippen molar-refractivity contribution in [3.63, 3.8) is 0 Å². The first-order chi connectivity index (χ1) is 12.3. The molecule has 0 radical (unpaired) electrons. The minimum absolute atomic E-state index is 0.0158. The molecule has 9 heteroatoms. The SMILES string of the molecule is C[C@H](OC(=O)c1cccc(NC(N)=O)c1)C(=O)Nc1ccc(F)cc1Cl. The van der Waals surface area contributed by atoms with Crippen LogP contribution in [0.5, 0.6) is 0 Å². The summed E-state index contributed by atoms with van der Waals surface area (Å²) in [5, 5.41) is 4.79. The number of hydrogen-bond donors (Lipinski definition) is 3. The van der Waals surface area contributed by atoms with Crippen LogP contribution in [0.2, 0.25) is 5.02 Å². The summed E-state index contributed by atoms with van der Waals surface area (Å²) >= 11 is 5.83. The molecule has 0 aliphatic heterocycles. The van der Waals surface area contributed by atoms with E-state index >= 15 is 0 Å². The molecule has 0 aliphatic carbocycles. The van der Waals surface area contributed by atoms with Crippen LogP contribution in [0.1, 0.15) is 17.3 Å². The third-order valence-corrected chi connectivity index (χ3v) is 3.52. The summed E-state index contributed by atoms with van der Waals surface area (Å²) in [6.07, 6.45) is -1.14. The number of halogens is 2. The molecule has 7 nitrogen and oxygen atoms in total. The van der Waals surface area contributed by atoms with Crippen molar-refractivity contribution in [2.75, 3.05) is 10.6 Å². The number of carbonyl (C=O) groups excluding carboxylic acids is 3. The molecule has 136 valence electrons. The van der Waals surface area contributed by atoms with Crippen LogP contribution in [0, 0.1) is 5.82 Å². The lowest BCUT2D eigenvalue weighted by molar-refractivity contribution is -0.123. The van der Waals surface area contributed by atoms with E-state index in [1.807, 2.05) is 0 Å². The lowest BCUT2D eigenvalue weighted by atomic mass is 10.2. The van der Waals surface area contributed by atoms with Crippen LogP contribution in [0.25, 0.3) is 0 Å². The van der Waals surface area contributed by atoms with Crippen molar-refractivity contribution in [2.24, 2.45) is 5.73 Å². The summed E-state index contributed by atoms with van der Waals surface area (Å²) in [7, 11) is 0. The van der Waals surface area contributed by atoms with Gasteiger partial charge in [0.25, 0.3) is 5.91 Å². The van der Waals surface area contributed by atoms with Crippen molar-refractivity contribution in [3.8, 4) is 0 Å². The summed E-state index contributed by atoms with van der Waals surface area (Å²) in [6.45, 7) is 1.37. The van der Waals surface area contributed by atoms with Crippen LogP contribution in [-0.2, 0) is 9.53 Å². The zero-order valence-corrected chi connectivity index (χ0v) is 14.3. The monoisotopic (exact) mass is 379 g/mol. The maximum Gasteiger partial charge on any atom is 0.338 e. The number of ether oxygens (including phenoxy) is 1. The Morgan fingerprint density at radius 1 is 1.15 bits per heavy atom. The van der Waals surface area contributed by atoms with Gasteiger partial charge in [0.1, 0.15) is 5.82 Å². The smallest absolute Gasteiger partial charge is 0.338 e. The standard InChI is InChI=1S/C17H15ClFN3O4/c1-9(15(23)22-14-6-5-11(19)8-13(14)18)26-16(24)10-3-2-4-12(7-10)21-17(20)25/h2-9H,1H3,(H,22,23)(H3,20,21,25)/t9-/m0/s1. The lowest BCUT2D eigenvalue weighted by Gasteiger charge is -2.14. The van der Waals surface area contributed by atoms with Crippen molar-refractivity contribution in [1.82, 2.24) is 0 Å². The third-order valence-electron chi connectivity index (χ3n) is 3.21. The predicted molar refractivity (Wildman–Crippen MR) is 94.6 cm³/mol. The number of amides is 3. The maximum atomic E-state index is 13.0. The highest BCUT2D eigenvalue weighted by Gasteiger charge is 2.20. The summed E-state index contributed by atoms with van der Waals surface area (Å²) in [6, 6.07) is 8.56. The second-order valence-electron chi connectivity index (χ2n) is 5.23. The number of benzene rings is 2. The molecule has 0 aliphatic rings. The number of anilines is 2. The van der Waals surface area contributed by atoms with E-state index in [-0.39, 0.29) is 16.3 Å². The average molecular weight is 380 g/mol. The van der Waals surface area contributed by atoms with Gasteiger partial charge in [0.15, 0.2) is 6.10 Å². The van der Waals surface area contributed by atoms with Gasteiger partial charge in [-0.2, -0.15) is 0 Å². The van der Waals surface area contributed by atoms with Gasteiger partial charge in [-0.25, -0.2) is 14.0 Å². The van der Waals surface area contributed by atoms with E-state index in [9.17, 15) is 18.8 Å². The van der Waals surface area contributed by atoms with Gasteiger partial charge in [-0.05, 0) is 43.3 Å². The van der Waals surface area contributed by atoms with Gasteiger partial charge >= 0.3 is 12.0 Å². The molecule has 0 saturated heterocycles. The minimum atomic E-state index is -1.14. The van der Waals surface area contributed by atoms with E-state index < -0.39 is 29.8 Å². The molecule has 0 unspecified atom stereocenters. The van der Waals surface area contributed by atoms with Crippen molar-refractivity contribution in [1.29, 1.82) is 0 Å². The predicted octanol–water partition coefficient (Wildman–Crippen LogP) is 3.15. The number of urea groups is 1. The topological polar surface area (TPSA) is 111 Å². The first-order valence-corrected chi connectivity index (χ1v) is 7.77. The van der Waals surface area contributed by atoms with E-state index in [0.29, 0.717) is 5.69 Å². The number of nitrogens with one attached hydrogen (secondary N) is 2. The second-order valence-corrected chi connectivity index (χ2v) is 5.64. The number of rotatable bonds is 5. The molecular formula is C17H15ClFN3O4. The molecule has 0 bridgehead atoms. The molecule has 0 fully saturated rings. The summed E-state index contributed by atoms with van der Waals surface area (Å²) in [5.74, 6) is -1.96. The first kappa shape index (κ1) is 19.2. The Kier molecular flexibility index (Phi) is 6.13. The number of carbonyl (C=O) groups is 3. The summed E-state index contributed by atoms with van der Waals surface area (Å²) in [5.41, 5.74) is 5.63. The highest BCUT2D eigenvalue weighted by atomic mass is 35.5. The Hall–Kier alpha value is -3.13. The Bertz CT molecular complexity index is 860. The molecule has 1 atom stereocenters. The first-order valence-electron chi connectivity index (χ1n) is 7.39. The van der Waals surface area contributed by atoms with Gasteiger partial charge in [0.2, 0.25) is 0 Å². The molecule has 3 amide bonds. The lowest BCUT2D eigenvalue weighted by Crippen LogP contribution is -2.30. The molecule has 2 rings (SSSR count). The van der Waals surface area contributed by atoms with Crippen molar-refractivity contribution in [2.45, 2.75) is 13.0 Å². The molecule has 0 spiro atoms. The summed E-state index contributed by atoms with van der Waals surface area (Å²) < 4.78 is 18.1. The van der Waals surface area contributed by atoms with E-state index in [0.717, 1.165) is 12.1 Å². The van der Waals surface area contributed by atoms with Gasteiger partial charge in [-0.1, -0.05) is 17.7 Å². The van der Waals surface area contributed by atoms with Crippen LogP contribution in [0.4, 0.5) is 20.6 Å². The molecule has 4 N–H and O–H groups in total. The Morgan fingerprint density at radius 2 is 1.88 bits per heavy atom. The van der Waals surface area contributed by atoms with E-state index in [2.05, 4.69) is 10.6 Å². The molecule has 0 aromatic heterocycles. The normalized spacial score (nSPS) is 11.3. The van der Waals surface area contributed by atoms with E-state index in [1.54, 1.807) is 0 Å². The maximum absolute atomic E-state index is 13.0. The van der Waals surface area contributed by atoms with Crippen LogP contribution in [0.15, 0.2) is 42.5 Å². The van der Waals surface area contributed by atoms with Gasteiger partial charge in [0, 0.05) is 5.69 Å². The summed E-state index contributed by atoms with van der Waals surface area (Å²) in [4.78, 5) is 35.1. The molecular weight excluding hydrogens is 365 g/mol. The Morgan fingerprint density at radius 3 is 2.54 bits per heavy atom. The highest BCUT2D eigenvalue weighted by molar-refractivity contribution is 6.33. The number of nitrogens with two attached hydrogens (primary N) is 1. The van der Waals surface area contributed by atoms with Crippen molar-refractivity contribution >= 4 is 40.9 Å². The van der Waals surface area contributed by atoms with E-state index in [1.165, 1.54) is 37.3 Å². The van der Waals surface area contributed by atoms with Crippen molar-refractivity contribution in [3.05, 3.63) is 58.9 Å². The largest absolute Gasteiger partial charge is 0.449 e. The molecule has 2 aromatic carbocycles. The Labute approximate surface area is 153 Å². The van der Waals surface area contributed by atoms with Gasteiger partial charge in [0.05, 0.1) is 16.3 Å². The van der Waals surface area contributed by atoms with Gasteiger partial charge < -0.3 is 21.1 Å². The highest BCUT2D eigenvalue weighted by Crippen LogP contribution is 2.22. The second kappa shape index (κ2) is 8.30. The van der Waals surface area contributed by atoms with Gasteiger partial charge in [-0.15, -0.1) is 0 Å². The minimum Gasteiger partial charge on any atom is -0.449 e. The number of primary amides is 1. The van der Waals surface area contributed by atoms with Crippen LogP contribution in [-0.4, -0.2) is 24.0 Å². The zero-order chi connectivity index (χ0) is 19.3. The molecule has 26 heavy (non-hydrogen) atoms. The van der Waals surface area contributed by atoms with Gasteiger partial charge in [-0.3, -0.25) is 4.79 Å². The van der Waals surface area contributed by atoms with Crippen LogP contribution >= 0.6 is 11.6 Å². The number of hydrogen-bond acceptors (Lipinski definition) is 4. The fourth-order valence-corrected chi connectivity index (χ4v) is 2.19. The molecule has 2 aromatic rings. The fourth-order valence-electron chi connectivity index (χ4n) is 1.97.